The summed E-state index contributed by atoms with van der Waals surface area (Å²) in [6, 6.07) is 8.87. The van der Waals surface area contributed by atoms with Gasteiger partial charge in [-0.1, -0.05) is 55.3 Å². The highest BCUT2D eigenvalue weighted by atomic mass is 14.6. The van der Waals surface area contributed by atoms with Gasteiger partial charge in [-0.25, -0.2) is 0 Å². The van der Waals surface area contributed by atoms with Gasteiger partial charge < -0.3 is 0 Å². The van der Waals surface area contributed by atoms with Crippen LogP contribution in [-0.4, -0.2) is 0 Å². The maximum Gasteiger partial charge on any atom is -0.00154 e. The van der Waals surface area contributed by atoms with Crippen molar-refractivity contribution >= 4 is 6.08 Å². The first-order valence-electron chi connectivity index (χ1n) is 7.35. The Morgan fingerprint density at radius 1 is 1.11 bits per heavy atom. The predicted molar refractivity (Wildman–Crippen MR) is 76.3 cm³/mol. The first kappa shape index (κ1) is 10.6. The molecule has 3 aliphatic rings. The second-order valence-electron chi connectivity index (χ2n) is 6.21. The first-order chi connectivity index (χ1) is 8.88. The molecule has 4 rings (SSSR count). The molecule has 0 amide bonds. The van der Waals surface area contributed by atoms with Crippen molar-refractivity contribution in [3.63, 3.8) is 0 Å². The van der Waals surface area contributed by atoms with E-state index >= 15 is 0 Å². The summed E-state index contributed by atoms with van der Waals surface area (Å²) in [5, 5.41) is 0. The van der Waals surface area contributed by atoms with Crippen LogP contribution < -0.4 is 0 Å². The Morgan fingerprint density at radius 3 is 3.00 bits per heavy atom. The third-order valence-corrected chi connectivity index (χ3v) is 5.23. The van der Waals surface area contributed by atoms with E-state index in [1.807, 2.05) is 0 Å². The van der Waals surface area contributed by atoms with E-state index in [-0.39, 0.29) is 0 Å². The molecule has 2 unspecified atom stereocenters. The number of hydrogen-bond acceptors (Lipinski definition) is 0. The van der Waals surface area contributed by atoms with Gasteiger partial charge in [-0.2, -0.15) is 0 Å². The van der Waals surface area contributed by atoms with E-state index in [4.69, 9.17) is 0 Å². The van der Waals surface area contributed by atoms with Crippen LogP contribution in [0.1, 0.15) is 43.2 Å². The van der Waals surface area contributed by atoms with Crippen molar-refractivity contribution in [2.45, 2.75) is 38.5 Å². The molecular weight excluding hydrogens is 216 g/mol. The summed E-state index contributed by atoms with van der Waals surface area (Å²) in [5.74, 6) is 0.993. The summed E-state index contributed by atoms with van der Waals surface area (Å²) < 4.78 is 0. The molecule has 0 bridgehead atoms. The Kier molecular flexibility index (Phi) is 2.27. The van der Waals surface area contributed by atoms with Crippen molar-refractivity contribution < 1.29 is 0 Å². The third kappa shape index (κ3) is 1.51. The molecule has 2 atom stereocenters. The Labute approximate surface area is 109 Å². The highest BCUT2D eigenvalue weighted by molar-refractivity contribution is 5.64. The standard InChI is InChI=1S/C18H20/c1-2-7-15-12-16(10-5-8-14(15)6-1)18-11-4-3-9-17(18)13-18/h1-2,5-7,10,12,17H,3-4,8-9,11,13H2. The zero-order chi connectivity index (χ0) is 12.0. The maximum atomic E-state index is 2.48. The number of allylic oxidation sites excluding steroid dienone is 3. The van der Waals surface area contributed by atoms with E-state index in [1.54, 1.807) is 5.57 Å². The van der Waals surface area contributed by atoms with Gasteiger partial charge in [0.25, 0.3) is 0 Å². The van der Waals surface area contributed by atoms with Gasteiger partial charge in [0.15, 0.2) is 0 Å². The van der Waals surface area contributed by atoms with Crippen LogP contribution in [0.15, 0.2) is 42.0 Å². The molecule has 0 heteroatoms. The average molecular weight is 236 g/mol. The smallest absolute Gasteiger partial charge is 0.00154 e. The van der Waals surface area contributed by atoms with Crippen LogP contribution >= 0.6 is 0 Å². The van der Waals surface area contributed by atoms with Gasteiger partial charge in [0.1, 0.15) is 0 Å². The van der Waals surface area contributed by atoms with Crippen molar-refractivity contribution in [3.8, 4) is 0 Å². The van der Waals surface area contributed by atoms with Crippen LogP contribution in [0.2, 0.25) is 0 Å². The van der Waals surface area contributed by atoms with E-state index in [2.05, 4.69) is 42.5 Å². The van der Waals surface area contributed by atoms with Gasteiger partial charge in [0.2, 0.25) is 0 Å². The molecule has 18 heavy (non-hydrogen) atoms. The molecule has 0 aromatic heterocycles. The number of fused-ring (bicyclic) bond motifs is 2. The minimum absolute atomic E-state index is 0.576. The molecule has 2 fully saturated rings. The van der Waals surface area contributed by atoms with E-state index in [1.165, 1.54) is 43.2 Å². The number of hydrogen-bond donors (Lipinski definition) is 0. The van der Waals surface area contributed by atoms with Gasteiger partial charge in [-0.15, -0.1) is 0 Å². The molecule has 0 N–H and O–H groups in total. The first-order valence-corrected chi connectivity index (χ1v) is 7.35. The van der Waals surface area contributed by atoms with Crippen molar-refractivity contribution in [2.75, 3.05) is 0 Å². The molecule has 0 radical (unpaired) electrons. The highest BCUT2D eigenvalue weighted by Gasteiger charge is 2.56. The van der Waals surface area contributed by atoms with Gasteiger partial charge in [-0.05, 0) is 53.7 Å². The van der Waals surface area contributed by atoms with Gasteiger partial charge in [-0.3, -0.25) is 0 Å². The van der Waals surface area contributed by atoms with Crippen LogP contribution in [0.3, 0.4) is 0 Å². The lowest BCUT2D eigenvalue weighted by molar-refractivity contribution is 0.393. The lowest BCUT2D eigenvalue weighted by Gasteiger charge is -2.23. The zero-order valence-electron chi connectivity index (χ0n) is 10.9. The molecule has 0 aliphatic heterocycles. The fraction of sp³-hybridized carbons (Fsp3) is 0.444. The minimum Gasteiger partial charge on any atom is -0.0798 e. The Morgan fingerprint density at radius 2 is 2.06 bits per heavy atom. The van der Waals surface area contributed by atoms with Gasteiger partial charge in [0, 0.05) is 0 Å². The monoisotopic (exact) mass is 236 g/mol. The molecule has 1 aromatic carbocycles. The lowest BCUT2D eigenvalue weighted by Crippen LogP contribution is -2.11. The summed E-state index contributed by atoms with van der Waals surface area (Å²) in [7, 11) is 0. The highest BCUT2D eigenvalue weighted by Crippen LogP contribution is 2.66. The minimum atomic E-state index is 0.576. The lowest BCUT2D eigenvalue weighted by atomic mass is 9.81. The summed E-state index contributed by atoms with van der Waals surface area (Å²) in [6.45, 7) is 0. The third-order valence-electron chi connectivity index (χ3n) is 5.23. The van der Waals surface area contributed by atoms with Crippen LogP contribution in [-0.2, 0) is 6.42 Å². The summed E-state index contributed by atoms with van der Waals surface area (Å²) in [6.07, 6.45) is 15.6. The summed E-state index contributed by atoms with van der Waals surface area (Å²) in [4.78, 5) is 0. The maximum absolute atomic E-state index is 2.48. The van der Waals surface area contributed by atoms with E-state index in [9.17, 15) is 0 Å². The van der Waals surface area contributed by atoms with E-state index < -0.39 is 0 Å². The SMILES string of the molecule is C1=CC(C23CCCCC2C3)=Cc2ccccc2C1. The molecule has 0 heterocycles. The second kappa shape index (κ2) is 3.85. The molecule has 92 valence electrons. The largest absolute Gasteiger partial charge is 0.0798 e. The topological polar surface area (TPSA) is 0 Å². The fourth-order valence-electron chi connectivity index (χ4n) is 4.09. The number of rotatable bonds is 1. The van der Waals surface area contributed by atoms with E-state index in [0.717, 1.165) is 12.3 Å². The molecule has 3 aliphatic carbocycles. The summed E-state index contributed by atoms with van der Waals surface area (Å²) >= 11 is 0. The second-order valence-corrected chi connectivity index (χ2v) is 6.21. The van der Waals surface area contributed by atoms with E-state index in [0.29, 0.717) is 5.41 Å². The quantitative estimate of drug-likeness (QED) is 0.659. The summed E-state index contributed by atoms with van der Waals surface area (Å²) in [5.41, 5.74) is 5.13. The van der Waals surface area contributed by atoms with Crippen molar-refractivity contribution in [2.24, 2.45) is 11.3 Å². The molecular formula is C18H20. The molecule has 0 nitrogen and oxygen atoms in total. The Balaban J connectivity index is 1.76. The zero-order valence-corrected chi connectivity index (χ0v) is 10.9. The van der Waals surface area contributed by atoms with Crippen LogP contribution in [0.5, 0.6) is 0 Å². The van der Waals surface area contributed by atoms with Crippen LogP contribution in [0.25, 0.3) is 6.08 Å². The van der Waals surface area contributed by atoms with Gasteiger partial charge >= 0.3 is 0 Å². The van der Waals surface area contributed by atoms with Crippen LogP contribution in [0, 0.1) is 11.3 Å². The normalized spacial score (nSPS) is 33.1. The molecule has 0 spiro atoms. The van der Waals surface area contributed by atoms with Gasteiger partial charge in [0.05, 0.1) is 0 Å². The Bertz CT molecular complexity index is 535. The number of benzene rings is 1. The Hall–Kier alpha value is -1.30. The van der Waals surface area contributed by atoms with Crippen molar-refractivity contribution in [3.05, 3.63) is 53.1 Å². The molecule has 0 saturated heterocycles. The fourth-order valence-corrected chi connectivity index (χ4v) is 4.09. The molecule has 1 aromatic rings. The van der Waals surface area contributed by atoms with Crippen molar-refractivity contribution in [1.82, 2.24) is 0 Å². The predicted octanol–water partition coefficient (Wildman–Crippen LogP) is 4.76. The van der Waals surface area contributed by atoms with Crippen molar-refractivity contribution in [1.29, 1.82) is 0 Å². The van der Waals surface area contributed by atoms with Crippen LogP contribution in [0.4, 0.5) is 0 Å². The average Bonchev–Trinajstić information content (AvgIpc) is 3.17. The molecule has 2 saturated carbocycles.